The van der Waals surface area contributed by atoms with E-state index in [0.29, 0.717) is 13.0 Å². The summed E-state index contributed by atoms with van der Waals surface area (Å²) in [6.07, 6.45) is 15.6. The van der Waals surface area contributed by atoms with Crippen LogP contribution in [0.25, 0.3) is 0 Å². The van der Waals surface area contributed by atoms with Gasteiger partial charge in [-0.25, -0.2) is 0 Å². The molecule has 3 N–H and O–H groups in total. The number of aliphatic carboxylic acids is 1. The lowest BCUT2D eigenvalue weighted by Gasteiger charge is -2.07. The van der Waals surface area contributed by atoms with Crippen molar-refractivity contribution in [3.05, 3.63) is 36.0 Å². The van der Waals surface area contributed by atoms with Crippen molar-refractivity contribution in [2.24, 2.45) is 5.73 Å². The molecule has 18 heavy (non-hydrogen) atoms. The molecule has 0 saturated heterocycles. The minimum Gasteiger partial charge on any atom is -0.480 e. The molecule has 0 aliphatic heterocycles. The van der Waals surface area contributed by atoms with E-state index in [0.717, 1.165) is 12.0 Å². The SMILES string of the molecule is C#CCOC.NC(CC1=CC=CC=CC1)C(=O)O. The van der Waals surface area contributed by atoms with Gasteiger partial charge in [-0.15, -0.1) is 6.42 Å². The van der Waals surface area contributed by atoms with Crippen LogP contribution in [-0.4, -0.2) is 30.8 Å². The number of methoxy groups -OCH3 is 1. The second-order valence-corrected chi connectivity index (χ2v) is 3.63. The predicted octanol–water partition coefficient (Wildman–Crippen LogP) is 1.50. The zero-order valence-corrected chi connectivity index (χ0v) is 10.5. The summed E-state index contributed by atoms with van der Waals surface area (Å²) in [5.74, 6) is 1.35. The minimum atomic E-state index is -0.946. The summed E-state index contributed by atoms with van der Waals surface area (Å²) in [5.41, 5.74) is 6.47. The van der Waals surface area contributed by atoms with Gasteiger partial charge in [0.1, 0.15) is 12.6 Å². The fourth-order valence-corrected chi connectivity index (χ4v) is 1.23. The molecule has 4 heteroatoms. The first-order chi connectivity index (χ1) is 8.61. The maximum atomic E-state index is 10.5. The van der Waals surface area contributed by atoms with Crippen LogP contribution in [0.15, 0.2) is 36.0 Å². The van der Waals surface area contributed by atoms with Crippen LogP contribution in [0.4, 0.5) is 0 Å². The molecule has 0 heterocycles. The van der Waals surface area contributed by atoms with Crippen molar-refractivity contribution in [2.75, 3.05) is 13.7 Å². The van der Waals surface area contributed by atoms with Crippen molar-refractivity contribution < 1.29 is 14.6 Å². The molecule has 0 aromatic carbocycles. The summed E-state index contributed by atoms with van der Waals surface area (Å²) < 4.78 is 4.45. The molecule has 4 nitrogen and oxygen atoms in total. The first-order valence-electron chi connectivity index (χ1n) is 5.53. The molecular formula is C14H19NO3. The van der Waals surface area contributed by atoms with Gasteiger partial charge in [-0.05, 0) is 12.8 Å². The minimum absolute atomic E-state index is 0.417. The Labute approximate surface area is 108 Å². The summed E-state index contributed by atoms with van der Waals surface area (Å²) in [5, 5.41) is 8.59. The summed E-state index contributed by atoms with van der Waals surface area (Å²) in [4.78, 5) is 10.5. The Morgan fingerprint density at radius 2 is 2.33 bits per heavy atom. The standard InChI is InChI=1S/C10H13NO2.C4H6O/c11-9(10(12)13)7-8-5-3-1-2-4-6-8;1-3-4-5-2/h1-5,9H,6-7,11H2,(H,12,13);1H,4H2,2H3. The van der Waals surface area contributed by atoms with Crippen molar-refractivity contribution in [3.8, 4) is 12.3 Å². The third kappa shape index (κ3) is 8.34. The third-order valence-corrected chi connectivity index (χ3v) is 2.10. The van der Waals surface area contributed by atoms with E-state index in [9.17, 15) is 4.79 Å². The van der Waals surface area contributed by atoms with Crippen LogP contribution in [0.1, 0.15) is 12.8 Å². The summed E-state index contributed by atoms with van der Waals surface area (Å²) in [6.45, 7) is 0.417. The molecule has 0 saturated carbocycles. The molecule has 0 amide bonds. The van der Waals surface area contributed by atoms with E-state index in [4.69, 9.17) is 17.3 Å². The zero-order valence-electron chi connectivity index (χ0n) is 10.5. The number of carboxylic acid groups (broad SMARTS) is 1. The van der Waals surface area contributed by atoms with Crippen LogP contribution in [0.3, 0.4) is 0 Å². The highest BCUT2D eigenvalue weighted by Gasteiger charge is 2.12. The molecular weight excluding hydrogens is 230 g/mol. The smallest absolute Gasteiger partial charge is 0.320 e. The molecule has 0 spiro atoms. The van der Waals surface area contributed by atoms with Crippen molar-refractivity contribution >= 4 is 5.97 Å². The fourth-order valence-electron chi connectivity index (χ4n) is 1.23. The van der Waals surface area contributed by atoms with E-state index in [2.05, 4.69) is 10.7 Å². The molecule has 1 atom stereocenters. The van der Waals surface area contributed by atoms with Crippen LogP contribution in [0.2, 0.25) is 0 Å². The molecule has 0 fully saturated rings. The number of terminal acetylenes is 1. The Balaban J connectivity index is 0.000000494. The lowest BCUT2D eigenvalue weighted by molar-refractivity contribution is -0.138. The quantitative estimate of drug-likeness (QED) is 0.740. The average molecular weight is 249 g/mol. The molecule has 1 aliphatic carbocycles. The van der Waals surface area contributed by atoms with E-state index >= 15 is 0 Å². The Hall–Kier alpha value is -1.83. The van der Waals surface area contributed by atoms with Crippen molar-refractivity contribution in [1.82, 2.24) is 0 Å². The Morgan fingerprint density at radius 3 is 2.83 bits per heavy atom. The Morgan fingerprint density at radius 1 is 1.61 bits per heavy atom. The number of hydrogen-bond donors (Lipinski definition) is 2. The molecule has 0 bridgehead atoms. The van der Waals surface area contributed by atoms with E-state index in [-0.39, 0.29) is 0 Å². The third-order valence-electron chi connectivity index (χ3n) is 2.10. The topological polar surface area (TPSA) is 72.5 Å². The summed E-state index contributed by atoms with van der Waals surface area (Å²) in [7, 11) is 1.57. The lowest BCUT2D eigenvalue weighted by Crippen LogP contribution is -2.30. The Kier molecular flexibility index (Phi) is 9.28. The second-order valence-electron chi connectivity index (χ2n) is 3.63. The maximum absolute atomic E-state index is 10.5. The number of rotatable bonds is 4. The van der Waals surface area contributed by atoms with Gasteiger partial charge >= 0.3 is 5.97 Å². The van der Waals surface area contributed by atoms with Gasteiger partial charge in [-0.2, -0.15) is 0 Å². The van der Waals surface area contributed by atoms with Crippen molar-refractivity contribution in [1.29, 1.82) is 0 Å². The number of nitrogens with two attached hydrogens (primary N) is 1. The molecule has 1 unspecified atom stereocenters. The summed E-state index contributed by atoms with van der Waals surface area (Å²) in [6, 6.07) is -0.786. The van der Waals surface area contributed by atoms with Crippen LogP contribution in [0, 0.1) is 12.3 Å². The number of carboxylic acids is 1. The lowest BCUT2D eigenvalue weighted by atomic mass is 10.0. The van der Waals surface area contributed by atoms with E-state index in [1.165, 1.54) is 0 Å². The number of carbonyl (C=O) groups is 1. The number of hydrogen-bond acceptors (Lipinski definition) is 3. The molecule has 1 rings (SSSR count). The van der Waals surface area contributed by atoms with Gasteiger partial charge in [0.15, 0.2) is 0 Å². The van der Waals surface area contributed by atoms with Gasteiger partial charge in [0.2, 0.25) is 0 Å². The number of allylic oxidation sites excluding steroid dienone is 5. The summed E-state index contributed by atoms with van der Waals surface area (Å²) >= 11 is 0. The largest absolute Gasteiger partial charge is 0.480 e. The predicted molar refractivity (Wildman–Crippen MR) is 71.9 cm³/mol. The Bertz CT molecular complexity index is 375. The normalized spacial score (nSPS) is 14.6. The molecule has 0 radical (unpaired) electrons. The van der Waals surface area contributed by atoms with Crippen molar-refractivity contribution in [2.45, 2.75) is 18.9 Å². The molecule has 98 valence electrons. The maximum Gasteiger partial charge on any atom is 0.320 e. The van der Waals surface area contributed by atoms with Gasteiger partial charge in [0, 0.05) is 7.11 Å². The van der Waals surface area contributed by atoms with Crippen LogP contribution in [0.5, 0.6) is 0 Å². The first-order valence-corrected chi connectivity index (χ1v) is 5.53. The molecule has 1 aliphatic rings. The second kappa shape index (κ2) is 10.3. The van der Waals surface area contributed by atoms with Gasteiger partial charge in [0.05, 0.1) is 0 Å². The van der Waals surface area contributed by atoms with Gasteiger partial charge in [-0.1, -0.05) is 41.9 Å². The van der Waals surface area contributed by atoms with Gasteiger partial charge in [0.25, 0.3) is 0 Å². The first kappa shape index (κ1) is 16.2. The van der Waals surface area contributed by atoms with Crippen LogP contribution >= 0.6 is 0 Å². The fraction of sp³-hybridized carbons (Fsp3) is 0.357. The molecule has 0 aromatic rings. The molecule has 0 aromatic heterocycles. The van der Waals surface area contributed by atoms with Gasteiger partial charge in [-0.3, -0.25) is 4.79 Å². The van der Waals surface area contributed by atoms with E-state index in [1.807, 2.05) is 30.4 Å². The average Bonchev–Trinajstić information content (AvgIpc) is 2.59. The van der Waals surface area contributed by atoms with Crippen molar-refractivity contribution in [3.63, 3.8) is 0 Å². The van der Waals surface area contributed by atoms with E-state index in [1.54, 1.807) is 7.11 Å². The number of ether oxygens (including phenoxy) is 1. The zero-order chi connectivity index (χ0) is 13.8. The highest BCUT2D eigenvalue weighted by molar-refractivity contribution is 5.73. The monoisotopic (exact) mass is 249 g/mol. The highest BCUT2D eigenvalue weighted by atomic mass is 16.5. The van der Waals surface area contributed by atoms with E-state index < -0.39 is 12.0 Å². The van der Waals surface area contributed by atoms with Crippen LogP contribution < -0.4 is 5.73 Å². The highest BCUT2D eigenvalue weighted by Crippen LogP contribution is 2.12. The van der Waals surface area contributed by atoms with Crippen LogP contribution in [-0.2, 0) is 9.53 Å². The van der Waals surface area contributed by atoms with Gasteiger partial charge < -0.3 is 15.6 Å².